The van der Waals surface area contributed by atoms with E-state index in [9.17, 15) is 4.79 Å². The number of piperidine rings is 1. The van der Waals surface area contributed by atoms with E-state index in [0.717, 1.165) is 43.9 Å². The summed E-state index contributed by atoms with van der Waals surface area (Å²) in [6.07, 6.45) is 6.31. The zero-order valence-corrected chi connectivity index (χ0v) is 15.3. The molecule has 0 spiro atoms. The molecule has 1 amide bonds. The Balaban J connectivity index is 1.63. The number of benzene rings is 1. The average Bonchev–Trinajstić information content (AvgIpc) is 3.10. The quantitative estimate of drug-likeness (QED) is 0.794. The van der Waals surface area contributed by atoms with Gasteiger partial charge in [-0.1, -0.05) is 23.7 Å². The van der Waals surface area contributed by atoms with Gasteiger partial charge in [-0.05, 0) is 30.5 Å². The van der Waals surface area contributed by atoms with Crippen molar-refractivity contribution >= 4 is 17.5 Å². The molecule has 6 heteroatoms. The number of nitrogens with zero attached hydrogens (tertiary/aromatic N) is 3. The molecular formula is C19H24ClN3O2. The fourth-order valence-corrected chi connectivity index (χ4v) is 3.49. The van der Waals surface area contributed by atoms with E-state index in [1.165, 1.54) is 0 Å². The van der Waals surface area contributed by atoms with Crippen LogP contribution in [0, 0.1) is 0 Å². The Morgan fingerprint density at radius 3 is 2.92 bits per heavy atom. The largest absolute Gasteiger partial charge is 0.383 e. The standard InChI is InChI=1S/C19H24ClN3O2/c1-25-12-11-22-10-8-21-19(22)16-3-2-9-23(14-16)18(24)13-15-4-6-17(20)7-5-15/h4-8,10,16H,2-3,9,11-14H2,1H3. The second-order valence-electron chi connectivity index (χ2n) is 6.45. The molecule has 0 saturated carbocycles. The van der Waals surface area contributed by atoms with Crippen molar-refractivity contribution in [2.24, 2.45) is 0 Å². The fourth-order valence-electron chi connectivity index (χ4n) is 3.36. The monoisotopic (exact) mass is 361 g/mol. The Morgan fingerprint density at radius 1 is 1.36 bits per heavy atom. The number of ether oxygens (including phenoxy) is 1. The molecule has 134 valence electrons. The Kier molecular flexibility index (Phi) is 6.10. The van der Waals surface area contributed by atoms with Gasteiger partial charge in [0.15, 0.2) is 0 Å². The van der Waals surface area contributed by atoms with E-state index in [0.29, 0.717) is 18.1 Å². The third-order valence-electron chi connectivity index (χ3n) is 4.69. The van der Waals surface area contributed by atoms with Crippen LogP contribution in [0.25, 0.3) is 0 Å². The van der Waals surface area contributed by atoms with Crippen molar-refractivity contribution < 1.29 is 9.53 Å². The summed E-state index contributed by atoms with van der Waals surface area (Å²) in [6.45, 7) is 3.01. The molecule has 5 nitrogen and oxygen atoms in total. The summed E-state index contributed by atoms with van der Waals surface area (Å²) in [5.74, 6) is 1.51. The van der Waals surface area contributed by atoms with Crippen molar-refractivity contribution in [2.45, 2.75) is 31.7 Å². The number of likely N-dealkylation sites (tertiary alicyclic amines) is 1. The molecule has 2 heterocycles. The van der Waals surface area contributed by atoms with Gasteiger partial charge in [0.05, 0.1) is 13.0 Å². The lowest BCUT2D eigenvalue weighted by molar-refractivity contribution is -0.131. The van der Waals surface area contributed by atoms with E-state index in [-0.39, 0.29) is 11.8 Å². The third-order valence-corrected chi connectivity index (χ3v) is 4.94. The van der Waals surface area contributed by atoms with Crippen LogP contribution in [-0.4, -0.2) is 47.2 Å². The highest BCUT2D eigenvalue weighted by Crippen LogP contribution is 2.26. The van der Waals surface area contributed by atoms with Crippen LogP contribution >= 0.6 is 11.6 Å². The highest BCUT2D eigenvalue weighted by molar-refractivity contribution is 6.30. The third kappa shape index (κ3) is 4.61. The molecule has 1 aromatic heterocycles. The van der Waals surface area contributed by atoms with Gasteiger partial charge in [-0.3, -0.25) is 4.79 Å². The highest BCUT2D eigenvalue weighted by atomic mass is 35.5. The van der Waals surface area contributed by atoms with Gasteiger partial charge in [0, 0.05) is 50.1 Å². The van der Waals surface area contributed by atoms with E-state index in [1.54, 1.807) is 7.11 Å². The molecule has 1 atom stereocenters. The van der Waals surface area contributed by atoms with Crippen molar-refractivity contribution in [1.29, 1.82) is 0 Å². The maximum Gasteiger partial charge on any atom is 0.227 e. The Bertz CT molecular complexity index is 699. The van der Waals surface area contributed by atoms with Gasteiger partial charge in [-0.15, -0.1) is 0 Å². The van der Waals surface area contributed by atoms with Crippen LogP contribution in [0.3, 0.4) is 0 Å². The van der Waals surface area contributed by atoms with Crippen LogP contribution in [-0.2, 0) is 22.5 Å². The summed E-state index contributed by atoms with van der Waals surface area (Å²) in [6, 6.07) is 7.49. The van der Waals surface area contributed by atoms with E-state index in [4.69, 9.17) is 16.3 Å². The second kappa shape index (κ2) is 8.50. The van der Waals surface area contributed by atoms with Crippen LogP contribution in [0.5, 0.6) is 0 Å². The lowest BCUT2D eigenvalue weighted by atomic mass is 9.96. The van der Waals surface area contributed by atoms with Gasteiger partial charge in [0.1, 0.15) is 5.82 Å². The lowest BCUT2D eigenvalue weighted by Gasteiger charge is -2.33. The molecule has 1 aromatic carbocycles. The zero-order valence-electron chi connectivity index (χ0n) is 14.5. The Labute approximate surface area is 153 Å². The molecule has 1 aliphatic heterocycles. The number of hydrogen-bond acceptors (Lipinski definition) is 3. The number of aromatic nitrogens is 2. The molecule has 1 saturated heterocycles. The number of amides is 1. The number of carbonyl (C=O) groups is 1. The topological polar surface area (TPSA) is 47.4 Å². The van der Waals surface area contributed by atoms with Crippen molar-refractivity contribution in [3.63, 3.8) is 0 Å². The van der Waals surface area contributed by atoms with Crippen LogP contribution in [0.15, 0.2) is 36.7 Å². The summed E-state index contributed by atoms with van der Waals surface area (Å²) < 4.78 is 7.31. The van der Waals surface area contributed by atoms with Crippen molar-refractivity contribution in [2.75, 3.05) is 26.8 Å². The Morgan fingerprint density at radius 2 is 2.16 bits per heavy atom. The summed E-state index contributed by atoms with van der Waals surface area (Å²) in [5, 5.41) is 0.692. The fraction of sp³-hybridized carbons (Fsp3) is 0.474. The van der Waals surface area contributed by atoms with Gasteiger partial charge < -0.3 is 14.2 Å². The first-order valence-corrected chi connectivity index (χ1v) is 9.07. The normalized spacial score (nSPS) is 17.7. The first-order chi connectivity index (χ1) is 12.2. The minimum atomic E-state index is 0.169. The summed E-state index contributed by atoms with van der Waals surface area (Å²) >= 11 is 5.91. The first-order valence-electron chi connectivity index (χ1n) is 8.69. The van der Waals surface area contributed by atoms with Crippen molar-refractivity contribution in [1.82, 2.24) is 14.5 Å². The molecule has 1 aliphatic rings. The molecule has 0 radical (unpaired) electrons. The number of halogens is 1. The molecule has 0 aliphatic carbocycles. The average molecular weight is 362 g/mol. The van der Waals surface area contributed by atoms with Crippen LogP contribution < -0.4 is 0 Å². The number of imidazole rings is 1. The van der Waals surface area contributed by atoms with Gasteiger partial charge >= 0.3 is 0 Å². The predicted molar refractivity (Wildman–Crippen MR) is 97.8 cm³/mol. The second-order valence-corrected chi connectivity index (χ2v) is 6.89. The number of rotatable bonds is 6. The van der Waals surface area contributed by atoms with Crippen LogP contribution in [0.2, 0.25) is 5.02 Å². The molecule has 2 aromatic rings. The molecule has 1 unspecified atom stereocenters. The van der Waals surface area contributed by atoms with Crippen LogP contribution in [0.4, 0.5) is 0 Å². The molecule has 0 bridgehead atoms. The molecule has 1 fully saturated rings. The summed E-state index contributed by atoms with van der Waals surface area (Å²) in [7, 11) is 1.70. The first kappa shape index (κ1) is 18.0. The molecule has 0 N–H and O–H groups in total. The zero-order chi connectivity index (χ0) is 17.6. The number of hydrogen-bond donors (Lipinski definition) is 0. The van der Waals surface area contributed by atoms with Gasteiger partial charge in [-0.25, -0.2) is 4.98 Å². The van der Waals surface area contributed by atoms with E-state index < -0.39 is 0 Å². The van der Waals surface area contributed by atoms with E-state index in [1.807, 2.05) is 41.6 Å². The SMILES string of the molecule is COCCn1ccnc1C1CCCN(C(=O)Cc2ccc(Cl)cc2)C1. The minimum absolute atomic E-state index is 0.169. The predicted octanol–water partition coefficient (Wildman–Crippen LogP) is 3.13. The maximum atomic E-state index is 12.7. The van der Waals surface area contributed by atoms with Crippen LogP contribution in [0.1, 0.15) is 30.1 Å². The van der Waals surface area contributed by atoms with Crippen molar-refractivity contribution in [3.05, 3.63) is 53.1 Å². The highest BCUT2D eigenvalue weighted by Gasteiger charge is 2.27. The summed E-state index contributed by atoms with van der Waals surface area (Å²) in [4.78, 5) is 19.2. The smallest absolute Gasteiger partial charge is 0.227 e. The van der Waals surface area contributed by atoms with Crippen molar-refractivity contribution in [3.8, 4) is 0 Å². The summed E-state index contributed by atoms with van der Waals surface area (Å²) in [5.41, 5.74) is 0.998. The number of methoxy groups -OCH3 is 1. The Hall–Kier alpha value is -1.85. The van der Waals surface area contributed by atoms with E-state index in [2.05, 4.69) is 9.55 Å². The molecule has 25 heavy (non-hydrogen) atoms. The minimum Gasteiger partial charge on any atom is -0.383 e. The maximum absolute atomic E-state index is 12.7. The van der Waals surface area contributed by atoms with Gasteiger partial charge in [-0.2, -0.15) is 0 Å². The number of carbonyl (C=O) groups excluding carboxylic acids is 1. The van der Waals surface area contributed by atoms with Gasteiger partial charge in [0.25, 0.3) is 0 Å². The van der Waals surface area contributed by atoms with E-state index >= 15 is 0 Å². The molecular weight excluding hydrogens is 338 g/mol. The lowest BCUT2D eigenvalue weighted by Crippen LogP contribution is -2.40. The van der Waals surface area contributed by atoms with Gasteiger partial charge in [0.2, 0.25) is 5.91 Å². The molecule has 3 rings (SSSR count).